The lowest BCUT2D eigenvalue weighted by Crippen LogP contribution is -2.38. The smallest absolute Gasteiger partial charge is 0.244 e. The van der Waals surface area contributed by atoms with Crippen molar-refractivity contribution in [1.82, 2.24) is 4.31 Å². The maximum absolute atomic E-state index is 12.6. The third-order valence-corrected chi connectivity index (χ3v) is 6.43. The number of sulfonamides is 1. The van der Waals surface area contributed by atoms with Crippen LogP contribution in [-0.4, -0.2) is 31.7 Å². The van der Waals surface area contributed by atoms with Gasteiger partial charge in [-0.3, -0.25) is 4.79 Å². The van der Waals surface area contributed by atoms with E-state index < -0.39 is 21.3 Å². The maximum Gasteiger partial charge on any atom is 0.244 e. The third-order valence-electron chi connectivity index (χ3n) is 3.61. The maximum atomic E-state index is 12.6. The van der Waals surface area contributed by atoms with Crippen LogP contribution in [0.25, 0.3) is 0 Å². The molecule has 0 spiro atoms. The molecule has 8 heteroatoms. The van der Waals surface area contributed by atoms with Gasteiger partial charge in [0.2, 0.25) is 15.9 Å². The highest BCUT2D eigenvalue weighted by molar-refractivity contribution is 9.10. The van der Waals surface area contributed by atoms with E-state index in [9.17, 15) is 13.2 Å². The van der Waals surface area contributed by atoms with E-state index in [1.54, 1.807) is 6.92 Å². The Balaban J connectivity index is 2.35. The van der Waals surface area contributed by atoms with Gasteiger partial charge in [0.15, 0.2) is 0 Å². The number of anilines is 1. The van der Waals surface area contributed by atoms with Crippen LogP contribution in [0.1, 0.15) is 13.3 Å². The van der Waals surface area contributed by atoms with Crippen molar-refractivity contribution in [2.24, 2.45) is 11.1 Å². The molecule has 1 amide bonds. The molecule has 0 radical (unpaired) electrons. The summed E-state index contributed by atoms with van der Waals surface area (Å²) in [6.45, 7) is 2.06. The zero-order chi connectivity index (χ0) is 15.1. The van der Waals surface area contributed by atoms with Gasteiger partial charge in [0.05, 0.1) is 10.3 Å². The number of nitrogens with zero attached hydrogens (tertiary/aromatic N) is 1. The van der Waals surface area contributed by atoms with Crippen LogP contribution in [0.5, 0.6) is 0 Å². The Labute approximate surface area is 126 Å². The van der Waals surface area contributed by atoms with Gasteiger partial charge in [0, 0.05) is 23.2 Å². The van der Waals surface area contributed by atoms with Crippen molar-refractivity contribution >= 4 is 37.5 Å². The number of nitrogens with two attached hydrogens (primary N) is 2. The van der Waals surface area contributed by atoms with Gasteiger partial charge in [-0.2, -0.15) is 4.31 Å². The molecule has 4 N–H and O–H groups in total. The van der Waals surface area contributed by atoms with Gasteiger partial charge in [-0.05, 0) is 47.5 Å². The lowest BCUT2D eigenvalue weighted by Gasteiger charge is -2.21. The Morgan fingerprint density at radius 3 is 2.60 bits per heavy atom. The summed E-state index contributed by atoms with van der Waals surface area (Å²) < 4.78 is 26.9. The molecule has 1 aliphatic rings. The monoisotopic (exact) mass is 361 g/mol. The van der Waals surface area contributed by atoms with Crippen LogP contribution in [0.2, 0.25) is 0 Å². The van der Waals surface area contributed by atoms with Gasteiger partial charge in [-0.15, -0.1) is 0 Å². The van der Waals surface area contributed by atoms with Crippen LogP contribution >= 0.6 is 15.9 Å². The fraction of sp³-hybridized carbons (Fsp3) is 0.417. The molecule has 1 heterocycles. The SMILES string of the molecule is CC1(C(N)=O)CCN(S(=O)(=O)c2ccc(N)cc2Br)C1. The minimum absolute atomic E-state index is 0.0987. The molecule has 0 aromatic heterocycles. The second-order valence-corrected chi connectivity index (χ2v) is 7.96. The molecule has 0 bridgehead atoms. The average Bonchev–Trinajstić information content (AvgIpc) is 2.73. The van der Waals surface area contributed by atoms with Crippen LogP contribution in [0.4, 0.5) is 5.69 Å². The number of rotatable bonds is 3. The molecule has 0 saturated carbocycles. The minimum Gasteiger partial charge on any atom is -0.399 e. The Kier molecular flexibility index (Phi) is 3.83. The Morgan fingerprint density at radius 1 is 1.45 bits per heavy atom. The highest BCUT2D eigenvalue weighted by atomic mass is 79.9. The minimum atomic E-state index is -3.67. The number of primary amides is 1. The first-order valence-electron chi connectivity index (χ1n) is 6.02. The summed E-state index contributed by atoms with van der Waals surface area (Å²) in [5, 5.41) is 0. The standard InChI is InChI=1S/C12H16BrN3O3S/c1-12(11(15)17)4-5-16(7-12)20(18,19)10-3-2-8(14)6-9(10)13/h2-3,6H,4-5,7,14H2,1H3,(H2,15,17). The number of amides is 1. The number of hydrogen-bond acceptors (Lipinski definition) is 4. The largest absolute Gasteiger partial charge is 0.399 e. The molecule has 110 valence electrons. The number of nitrogen functional groups attached to an aromatic ring is 1. The molecule has 1 saturated heterocycles. The Hall–Kier alpha value is -1.12. The van der Waals surface area contributed by atoms with Crippen molar-refractivity contribution in [2.75, 3.05) is 18.8 Å². The molecule has 1 aromatic carbocycles. The highest BCUT2D eigenvalue weighted by Crippen LogP contribution is 2.35. The normalized spacial score (nSPS) is 23.9. The van der Waals surface area contributed by atoms with Crippen LogP contribution < -0.4 is 11.5 Å². The summed E-state index contributed by atoms with van der Waals surface area (Å²) >= 11 is 3.21. The van der Waals surface area contributed by atoms with Crippen molar-refractivity contribution in [3.63, 3.8) is 0 Å². The second kappa shape index (κ2) is 5.01. The van der Waals surface area contributed by atoms with Crippen molar-refractivity contribution in [1.29, 1.82) is 0 Å². The second-order valence-electron chi connectivity index (χ2n) is 5.20. The summed E-state index contributed by atoms with van der Waals surface area (Å²) in [4.78, 5) is 11.6. The average molecular weight is 362 g/mol. The first-order chi connectivity index (χ1) is 9.17. The van der Waals surface area contributed by atoms with Gasteiger partial charge in [-0.1, -0.05) is 0 Å². The van der Waals surface area contributed by atoms with Gasteiger partial charge in [0.1, 0.15) is 0 Å². The molecule has 1 unspecified atom stereocenters. The summed E-state index contributed by atoms with van der Waals surface area (Å²) in [6, 6.07) is 4.52. The van der Waals surface area contributed by atoms with E-state index in [1.165, 1.54) is 22.5 Å². The highest BCUT2D eigenvalue weighted by Gasteiger charge is 2.43. The van der Waals surface area contributed by atoms with Crippen molar-refractivity contribution < 1.29 is 13.2 Å². The zero-order valence-corrected chi connectivity index (χ0v) is 13.4. The molecule has 1 aromatic rings. The predicted octanol–water partition coefficient (Wildman–Crippen LogP) is 0.917. The van der Waals surface area contributed by atoms with Crippen molar-refractivity contribution in [3.8, 4) is 0 Å². The Morgan fingerprint density at radius 2 is 2.10 bits per heavy atom. The van der Waals surface area contributed by atoms with E-state index in [1.807, 2.05) is 0 Å². The van der Waals surface area contributed by atoms with Gasteiger partial charge in [0.25, 0.3) is 0 Å². The third kappa shape index (κ3) is 2.55. The van der Waals surface area contributed by atoms with E-state index >= 15 is 0 Å². The fourth-order valence-electron chi connectivity index (χ4n) is 2.19. The summed E-state index contributed by atoms with van der Waals surface area (Å²) in [7, 11) is -3.67. The van der Waals surface area contributed by atoms with Crippen LogP contribution in [-0.2, 0) is 14.8 Å². The van der Waals surface area contributed by atoms with Crippen LogP contribution in [0.15, 0.2) is 27.6 Å². The van der Waals surface area contributed by atoms with Crippen molar-refractivity contribution in [3.05, 3.63) is 22.7 Å². The first kappa shape index (κ1) is 15.3. The molecule has 1 aliphatic heterocycles. The number of halogens is 1. The quantitative estimate of drug-likeness (QED) is 0.780. The summed E-state index contributed by atoms with van der Waals surface area (Å²) in [6.07, 6.45) is 0.425. The number of carbonyl (C=O) groups is 1. The number of benzene rings is 1. The molecule has 6 nitrogen and oxygen atoms in total. The van der Waals surface area contributed by atoms with E-state index in [0.29, 0.717) is 16.6 Å². The molecule has 0 aliphatic carbocycles. The van der Waals surface area contributed by atoms with Crippen LogP contribution in [0.3, 0.4) is 0 Å². The lowest BCUT2D eigenvalue weighted by molar-refractivity contribution is -0.126. The predicted molar refractivity (Wildman–Crippen MR) is 79.2 cm³/mol. The summed E-state index contributed by atoms with van der Waals surface area (Å²) in [5.41, 5.74) is 10.6. The molecule has 2 rings (SSSR count). The molecule has 1 fully saturated rings. The lowest BCUT2D eigenvalue weighted by atomic mass is 9.89. The van der Waals surface area contributed by atoms with Gasteiger partial charge >= 0.3 is 0 Å². The fourth-order valence-corrected chi connectivity index (χ4v) is 4.81. The van der Waals surface area contributed by atoms with E-state index in [0.717, 1.165) is 0 Å². The van der Waals surface area contributed by atoms with E-state index in [-0.39, 0.29) is 18.0 Å². The van der Waals surface area contributed by atoms with Gasteiger partial charge in [-0.25, -0.2) is 8.42 Å². The van der Waals surface area contributed by atoms with Gasteiger partial charge < -0.3 is 11.5 Å². The number of carbonyl (C=O) groups excluding carboxylic acids is 1. The van der Waals surface area contributed by atoms with Crippen molar-refractivity contribution in [2.45, 2.75) is 18.2 Å². The first-order valence-corrected chi connectivity index (χ1v) is 8.25. The van der Waals surface area contributed by atoms with E-state index in [4.69, 9.17) is 11.5 Å². The zero-order valence-electron chi connectivity index (χ0n) is 11.0. The Bertz CT molecular complexity index is 662. The molecular formula is C12H16BrN3O3S. The molecule has 20 heavy (non-hydrogen) atoms. The van der Waals surface area contributed by atoms with E-state index in [2.05, 4.69) is 15.9 Å². The topological polar surface area (TPSA) is 106 Å². The summed E-state index contributed by atoms with van der Waals surface area (Å²) in [5.74, 6) is -0.480. The van der Waals surface area contributed by atoms with Crippen LogP contribution in [0, 0.1) is 5.41 Å². The number of hydrogen-bond donors (Lipinski definition) is 2. The molecule has 1 atom stereocenters. The molecular weight excluding hydrogens is 346 g/mol.